The Morgan fingerprint density at radius 2 is 2.18 bits per heavy atom. The van der Waals surface area contributed by atoms with Gasteiger partial charge in [0.2, 0.25) is 0 Å². The van der Waals surface area contributed by atoms with E-state index < -0.39 is 0 Å². The lowest BCUT2D eigenvalue weighted by atomic mass is 10.1. The van der Waals surface area contributed by atoms with Crippen LogP contribution in [0.25, 0.3) is 0 Å². The van der Waals surface area contributed by atoms with Crippen molar-refractivity contribution in [3.63, 3.8) is 0 Å². The predicted molar refractivity (Wildman–Crippen MR) is 48.7 cm³/mol. The van der Waals surface area contributed by atoms with Crippen molar-refractivity contribution in [2.45, 2.75) is 12.6 Å². The second-order valence-corrected chi connectivity index (χ2v) is 4.23. The van der Waals surface area contributed by atoms with E-state index in [9.17, 15) is 5.11 Å². The van der Waals surface area contributed by atoms with Gasteiger partial charge in [0.05, 0.1) is 0 Å². The van der Waals surface area contributed by atoms with E-state index in [-0.39, 0.29) is 0 Å². The molecular formula is C9H11OP. The SMILES string of the molecule is Oc1ccc2c(c1)CCPC2. The minimum Gasteiger partial charge on any atom is -0.508 e. The van der Waals surface area contributed by atoms with Gasteiger partial charge < -0.3 is 5.11 Å². The molecule has 1 unspecified atom stereocenters. The molecule has 2 rings (SSSR count). The lowest BCUT2D eigenvalue weighted by molar-refractivity contribution is 0.474. The van der Waals surface area contributed by atoms with Gasteiger partial charge in [-0.05, 0) is 42.0 Å². The molecule has 0 aromatic heterocycles. The summed E-state index contributed by atoms with van der Waals surface area (Å²) in [7, 11) is 1.08. The quantitative estimate of drug-likeness (QED) is 0.585. The first kappa shape index (κ1) is 7.12. The Morgan fingerprint density at radius 1 is 1.27 bits per heavy atom. The van der Waals surface area contributed by atoms with Gasteiger partial charge >= 0.3 is 0 Å². The van der Waals surface area contributed by atoms with Crippen LogP contribution >= 0.6 is 8.58 Å². The van der Waals surface area contributed by atoms with E-state index in [2.05, 4.69) is 6.07 Å². The molecule has 1 aromatic carbocycles. The number of hydrogen-bond acceptors (Lipinski definition) is 1. The Morgan fingerprint density at radius 3 is 3.09 bits per heavy atom. The number of benzene rings is 1. The van der Waals surface area contributed by atoms with Crippen LogP contribution in [0.1, 0.15) is 11.1 Å². The van der Waals surface area contributed by atoms with Crippen LogP contribution in [0, 0.1) is 0 Å². The first-order valence-corrected chi connectivity index (χ1v) is 5.29. The van der Waals surface area contributed by atoms with Gasteiger partial charge in [-0.25, -0.2) is 0 Å². The number of hydrogen-bond donors (Lipinski definition) is 1. The molecule has 2 heteroatoms. The maximum Gasteiger partial charge on any atom is 0.115 e. The Hall–Kier alpha value is -0.550. The molecule has 11 heavy (non-hydrogen) atoms. The summed E-state index contributed by atoms with van der Waals surface area (Å²) < 4.78 is 0. The third kappa shape index (κ3) is 1.39. The second-order valence-electron chi connectivity index (χ2n) is 2.88. The van der Waals surface area contributed by atoms with Crippen molar-refractivity contribution in [2.24, 2.45) is 0 Å². The maximum atomic E-state index is 9.19. The molecule has 0 radical (unpaired) electrons. The fourth-order valence-electron chi connectivity index (χ4n) is 1.46. The summed E-state index contributed by atoms with van der Waals surface area (Å²) in [6.45, 7) is 0. The minimum absolute atomic E-state index is 0.411. The summed E-state index contributed by atoms with van der Waals surface area (Å²) in [5.74, 6) is 0.411. The number of phenols is 1. The van der Waals surface area contributed by atoms with Crippen LogP contribution in [0.2, 0.25) is 0 Å². The molecule has 1 heterocycles. The Balaban J connectivity index is 2.43. The Kier molecular flexibility index (Phi) is 1.83. The van der Waals surface area contributed by atoms with Crippen molar-refractivity contribution in [2.75, 3.05) is 6.16 Å². The second kappa shape index (κ2) is 2.83. The minimum atomic E-state index is 0.411. The lowest BCUT2D eigenvalue weighted by Gasteiger charge is -2.14. The summed E-state index contributed by atoms with van der Waals surface area (Å²) in [5, 5.41) is 9.19. The lowest BCUT2D eigenvalue weighted by Crippen LogP contribution is -1.99. The summed E-state index contributed by atoms with van der Waals surface area (Å²) in [6.07, 6.45) is 3.67. The Labute approximate surface area is 68.2 Å². The van der Waals surface area contributed by atoms with E-state index in [0.29, 0.717) is 5.75 Å². The smallest absolute Gasteiger partial charge is 0.115 e. The molecule has 1 N–H and O–H groups in total. The van der Waals surface area contributed by atoms with Gasteiger partial charge in [-0.1, -0.05) is 6.07 Å². The van der Waals surface area contributed by atoms with Gasteiger partial charge in [0, 0.05) is 0 Å². The number of phenolic OH excluding ortho intramolecular Hbond substituents is 1. The Bertz CT molecular complexity index is 270. The maximum absolute atomic E-state index is 9.19. The van der Waals surface area contributed by atoms with E-state index in [1.54, 1.807) is 6.07 Å². The van der Waals surface area contributed by atoms with Gasteiger partial charge in [0.1, 0.15) is 5.75 Å². The number of rotatable bonds is 0. The first-order valence-electron chi connectivity index (χ1n) is 3.88. The first-order chi connectivity index (χ1) is 5.36. The standard InChI is InChI=1S/C9H11OP/c10-9-2-1-8-6-11-4-3-7(8)5-9/h1-2,5,10-11H,3-4,6H2. The average Bonchev–Trinajstić information content (AvgIpc) is 2.04. The molecule has 1 nitrogen and oxygen atoms in total. The van der Waals surface area contributed by atoms with E-state index in [1.807, 2.05) is 6.07 Å². The van der Waals surface area contributed by atoms with Crippen molar-refractivity contribution in [1.82, 2.24) is 0 Å². The molecule has 0 amide bonds. The molecule has 0 spiro atoms. The summed E-state index contributed by atoms with van der Waals surface area (Å²) in [5.41, 5.74) is 2.79. The van der Waals surface area contributed by atoms with Crippen molar-refractivity contribution < 1.29 is 5.11 Å². The summed E-state index contributed by atoms with van der Waals surface area (Å²) in [6, 6.07) is 5.74. The van der Waals surface area contributed by atoms with Crippen LogP contribution in [0.5, 0.6) is 5.75 Å². The highest BCUT2D eigenvalue weighted by atomic mass is 31.1. The van der Waals surface area contributed by atoms with E-state index in [0.717, 1.165) is 15.0 Å². The largest absolute Gasteiger partial charge is 0.508 e. The van der Waals surface area contributed by atoms with Crippen molar-refractivity contribution in [3.05, 3.63) is 29.3 Å². The van der Waals surface area contributed by atoms with Gasteiger partial charge in [0.15, 0.2) is 0 Å². The highest BCUT2D eigenvalue weighted by Gasteiger charge is 2.08. The molecule has 0 aliphatic carbocycles. The molecule has 0 saturated carbocycles. The van der Waals surface area contributed by atoms with Crippen molar-refractivity contribution in [3.8, 4) is 5.75 Å². The van der Waals surface area contributed by atoms with E-state index >= 15 is 0 Å². The third-order valence-electron chi connectivity index (χ3n) is 2.08. The van der Waals surface area contributed by atoms with Crippen LogP contribution < -0.4 is 0 Å². The molecule has 1 atom stereocenters. The zero-order valence-corrected chi connectivity index (χ0v) is 7.30. The highest BCUT2D eigenvalue weighted by molar-refractivity contribution is 7.37. The van der Waals surface area contributed by atoms with Gasteiger partial charge in [-0.2, -0.15) is 0 Å². The van der Waals surface area contributed by atoms with Gasteiger partial charge in [0.25, 0.3) is 0 Å². The number of aryl methyl sites for hydroxylation is 1. The molecule has 1 aliphatic rings. The van der Waals surface area contributed by atoms with E-state index in [4.69, 9.17) is 0 Å². The van der Waals surface area contributed by atoms with Gasteiger partial charge in [-0.3, -0.25) is 0 Å². The van der Waals surface area contributed by atoms with E-state index in [1.165, 1.54) is 23.5 Å². The topological polar surface area (TPSA) is 20.2 Å². The van der Waals surface area contributed by atoms with Crippen LogP contribution in [-0.2, 0) is 12.6 Å². The average molecular weight is 166 g/mol. The fourth-order valence-corrected chi connectivity index (χ4v) is 2.70. The fraction of sp³-hybridized carbons (Fsp3) is 0.333. The molecule has 0 saturated heterocycles. The highest BCUT2D eigenvalue weighted by Crippen LogP contribution is 2.30. The van der Waals surface area contributed by atoms with Gasteiger partial charge in [-0.15, -0.1) is 8.58 Å². The zero-order chi connectivity index (χ0) is 7.68. The van der Waals surface area contributed by atoms with Crippen LogP contribution in [0.3, 0.4) is 0 Å². The summed E-state index contributed by atoms with van der Waals surface area (Å²) in [4.78, 5) is 0. The number of fused-ring (bicyclic) bond motifs is 1. The monoisotopic (exact) mass is 166 g/mol. The van der Waals surface area contributed by atoms with Crippen LogP contribution in [0.4, 0.5) is 0 Å². The molecule has 1 aromatic rings. The summed E-state index contributed by atoms with van der Waals surface area (Å²) >= 11 is 0. The van der Waals surface area contributed by atoms with Crippen molar-refractivity contribution in [1.29, 1.82) is 0 Å². The normalized spacial score (nSPS) is 18.2. The molecule has 0 fully saturated rings. The van der Waals surface area contributed by atoms with Crippen LogP contribution in [-0.4, -0.2) is 11.3 Å². The molecule has 58 valence electrons. The number of aromatic hydroxyl groups is 1. The molecule has 0 bridgehead atoms. The van der Waals surface area contributed by atoms with Crippen molar-refractivity contribution >= 4 is 8.58 Å². The molecule has 1 aliphatic heterocycles. The predicted octanol–water partition coefficient (Wildman–Crippen LogP) is 2.13. The molecular weight excluding hydrogens is 155 g/mol. The third-order valence-corrected chi connectivity index (χ3v) is 3.31. The van der Waals surface area contributed by atoms with Crippen LogP contribution in [0.15, 0.2) is 18.2 Å². The zero-order valence-electron chi connectivity index (χ0n) is 6.30.